The van der Waals surface area contributed by atoms with Crippen molar-refractivity contribution in [3.63, 3.8) is 0 Å². The van der Waals surface area contributed by atoms with E-state index in [0.717, 1.165) is 85.9 Å². The average Bonchev–Trinajstić information content (AvgIpc) is 3.63. The van der Waals surface area contributed by atoms with Gasteiger partial charge in [0.15, 0.2) is 0 Å². The quantitative estimate of drug-likeness (QED) is 0.234. The van der Waals surface area contributed by atoms with E-state index in [1.165, 1.54) is 6.07 Å². The number of piperidine rings is 1. The Bertz CT molecular complexity index is 1680. The van der Waals surface area contributed by atoms with Gasteiger partial charge in [-0.05, 0) is 62.7 Å². The van der Waals surface area contributed by atoms with Crippen molar-refractivity contribution in [2.75, 3.05) is 19.7 Å². The molecule has 0 amide bonds. The van der Waals surface area contributed by atoms with E-state index in [-0.39, 0.29) is 18.5 Å². The lowest BCUT2D eigenvalue weighted by Crippen LogP contribution is -2.35. The van der Waals surface area contributed by atoms with Crippen molar-refractivity contribution in [2.45, 2.75) is 51.0 Å². The van der Waals surface area contributed by atoms with Crippen molar-refractivity contribution in [3.8, 4) is 17.1 Å². The summed E-state index contributed by atoms with van der Waals surface area (Å²) >= 11 is 5.86. The fourth-order valence-corrected chi connectivity index (χ4v) is 5.91. The van der Waals surface area contributed by atoms with Gasteiger partial charge in [-0.1, -0.05) is 29.8 Å². The minimum Gasteiger partial charge on any atom is -0.473 e. The standard InChI is InChI=1S/C31H31ClFN7O2/c32-23-6-4-22(25(33)15-23)19-42-31-3-1-2-26(36-31)20-8-11-39(12-9-20)18-30-35-27-14-21(28-16-34-38-37-28)5-7-29(27)40(30)17-24-10-13-41-24/h1-7,14-16,20,24H,8-13,17-19H2,(H,34,37,38). The number of imidazole rings is 1. The van der Waals surface area contributed by atoms with Gasteiger partial charge in [0.1, 0.15) is 23.9 Å². The van der Waals surface area contributed by atoms with Crippen LogP contribution in [0.3, 0.4) is 0 Å². The Morgan fingerprint density at radius 3 is 2.69 bits per heavy atom. The van der Waals surface area contributed by atoms with Crippen LogP contribution in [0.25, 0.3) is 22.3 Å². The summed E-state index contributed by atoms with van der Waals surface area (Å²) in [6.45, 7) is 4.40. The molecule has 5 aromatic rings. The predicted molar refractivity (Wildman–Crippen MR) is 157 cm³/mol. The summed E-state index contributed by atoms with van der Waals surface area (Å²) in [5, 5.41) is 11.2. The number of aromatic nitrogens is 6. The van der Waals surface area contributed by atoms with Gasteiger partial charge in [0.25, 0.3) is 0 Å². The molecule has 0 radical (unpaired) electrons. The Hall–Kier alpha value is -3.86. The van der Waals surface area contributed by atoms with Gasteiger partial charge in [-0.15, -0.1) is 0 Å². The number of likely N-dealkylation sites (tertiary alicyclic amines) is 1. The van der Waals surface area contributed by atoms with Crippen molar-refractivity contribution in [2.24, 2.45) is 0 Å². The van der Waals surface area contributed by atoms with E-state index in [9.17, 15) is 4.39 Å². The second-order valence-corrected chi connectivity index (χ2v) is 11.4. The maximum absolute atomic E-state index is 14.2. The van der Waals surface area contributed by atoms with Crippen LogP contribution in [0, 0.1) is 5.82 Å². The van der Waals surface area contributed by atoms with Crippen LogP contribution in [-0.2, 0) is 24.4 Å². The zero-order valence-electron chi connectivity index (χ0n) is 23.0. The monoisotopic (exact) mass is 587 g/mol. The molecule has 0 spiro atoms. The van der Waals surface area contributed by atoms with Crippen molar-refractivity contribution in [1.29, 1.82) is 0 Å². The van der Waals surface area contributed by atoms with Crippen molar-refractivity contribution in [1.82, 2.24) is 34.8 Å². The summed E-state index contributed by atoms with van der Waals surface area (Å²) in [5.41, 5.74) is 5.33. The fourth-order valence-electron chi connectivity index (χ4n) is 5.75. The molecule has 3 aromatic heterocycles. The van der Waals surface area contributed by atoms with Gasteiger partial charge in [-0.2, -0.15) is 15.4 Å². The Kier molecular flexibility index (Phi) is 7.58. The molecule has 9 nitrogen and oxygen atoms in total. The minimum atomic E-state index is -0.379. The molecule has 0 saturated carbocycles. The van der Waals surface area contributed by atoms with Crippen LogP contribution in [0.4, 0.5) is 4.39 Å². The average molecular weight is 588 g/mol. The maximum Gasteiger partial charge on any atom is 0.213 e. The fraction of sp³-hybridized carbons (Fsp3) is 0.355. The number of benzene rings is 2. The molecule has 2 aromatic carbocycles. The van der Waals surface area contributed by atoms with Crippen LogP contribution in [-0.4, -0.2) is 60.6 Å². The highest BCUT2D eigenvalue weighted by Gasteiger charge is 2.26. The summed E-state index contributed by atoms with van der Waals surface area (Å²) in [4.78, 5) is 12.3. The highest BCUT2D eigenvalue weighted by molar-refractivity contribution is 6.30. The molecule has 2 saturated heterocycles. The zero-order valence-corrected chi connectivity index (χ0v) is 23.8. The summed E-state index contributed by atoms with van der Waals surface area (Å²) in [6, 6.07) is 16.7. The smallest absolute Gasteiger partial charge is 0.213 e. The van der Waals surface area contributed by atoms with E-state index in [4.69, 9.17) is 31.0 Å². The van der Waals surface area contributed by atoms with Crippen molar-refractivity contribution in [3.05, 3.63) is 88.7 Å². The Balaban J connectivity index is 1.02. The molecule has 1 N–H and O–H groups in total. The molecule has 1 unspecified atom stereocenters. The normalized spacial score (nSPS) is 17.9. The number of hydrogen-bond donors (Lipinski definition) is 1. The Morgan fingerprint density at radius 1 is 1.05 bits per heavy atom. The summed E-state index contributed by atoms with van der Waals surface area (Å²) in [5.74, 6) is 1.51. The molecule has 11 heteroatoms. The molecule has 0 bridgehead atoms. The van der Waals surface area contributed by atoms with Crippen LogP contribution < -0.4 is 4.74 Å². The Labute approximate surface area is 247 Å². The van der Waals surface area contributed by atoms with Gasteiger partial charge in [-0.25, -0.2) is 14.4 Å². The van der Waals surface area contributed by atoms with E-state index >= 15 is 0 Å². The maximum atomic E-state index is 14.2. The summed E-state index contributed by atoms with van der Waals surface area (Å²) in [6.07, 6.45) is 5.02. The van der Waals surface area contributed by atoms with E-state index in [0.29, 0.717) is 22.4 Å². The van der Waals surface area contributed by atoms with Crippen molar-refractivity contribution < 1.29 is 13.9 Å². The molecule has 0 aliphatic carbocycles. The first-order chi connectivity index (χ1) is 20.6. The predicted octanol–water partition coefficient (Wildman–Crippen LogP) is 5.76. The molecule has 5 heterocycles. The second kappa shape index (κ2) is 11.8. The van der Waals surface area contributed by atoms with Gasteiger partial charge < -0.3 is 14.0 Å². The Morgan fingerprint density at radius 2 is 1.93 bits per heavy atom. The largest absolute Gasteiger partial charge is 0.473 e. The number of rotatable bonds is 9. The number of halogens is 2. The highest BCUT2D eigenvalue weighted by atomic mass is 35.5. The third-order valence-corrected chi connectivity index (χ3v) is 8.46. The minimum absolute atomic E-state index is 0.102. The first-order valence-electron chi connectivity index (χ1n) is 14.3. The number of pyridine rings is 1. The van der Waals surface area contributed by atoms with Gasteiger partial charge in [0, 0.05) is 40.4 Å². The molecular formula is C31H31ClFN7O2. The SMILES string of the molecule is Fc1cc(Cl)ccc1COc1cccc(C2CCN(Cc3nc4cc(-c5cn[nH]n5)ccc4n3CC3CCO3)CC2)n1. The molecule has 216 valence electrons. The molecular weight excluding hydrogens is 557 g/mol. The van der Waals surface area contributed by atoms with Crippen LogP contribution in [0.5, 0.6) is 5.88 Å². The lowest BCUT2D eigenvalue weighted by molar-refractivity contribution is -0.0592. The molecule has 2 aliphatic heterocycles. The molecule has 2 aliphatic rings. The van der Waals surface area contributed by atoms with Gasteiger partial charge in [-0.3, -0.25) is 4.90 Å². The highest BCUT2D eigenvalue weighted by Crippen LogP contribution is 2.30. The van der Waals surface area contributed by atoms with Gasteiger partial charge in [0.05, 0.1) is 36.4 Å². The molecule has 2 fully saturated rings. The van der Waals surface area contributed by atoms with Crippen LogP contribution in [0.2, 0.25) is 5.02 Å². The molecule has 1 atom stereocenters. The molecule has 7 rings (SSSR count). The summed E-state index contributed by atoms with van der Waals surface area (Å²) in [7, 11) is 0. The molecule has 42 heavy (non-hydrogen) atoms. The first kappa shape index (κ1) is 27.0. The second-order valence-electron chi connectivity index (χ2n) is 11.0. The number of H-pyrrole nitrogens is 1. The van der Waals surface area contributed by atoms with E-state index in [2.05, 4.69) is 49.1 Å². The topological polar surface area (TPSA) is 94.0 Å². The van der Waals surface area contributed by atoms with Crippen LogP contribution in [0.15, 0.2) is 60.8 Å². The van der Waals surface area contributed by atoms with E-state index in [1.807, 2.05) is 12.1 Å². The first-order valence-corrected chi connectivity index (χ1v) is 14.7. The van der Waals surface area contributed by atoms with E-state index < -0.39 is 0 Å². The van der Waals surface area contributed by atoms with E-state index in [1.54, 1.807) is 18.3 Å². The number of fused-ring (bicyclic) bond motifs is 1. The van der Waals surface area contributed by atoms with Crippen LogP contribution >= 0.6 is 11.6 Å². The number of aromatic amines is 1. The van der Waals surface area contributed by atoms with Crippen molar-refractivity contribution >= 4 is 22.6 Å². The van der Waals surface area contributed by atoms with Crippen LogP contribution in [0.1, 0.15) is 42.3 Å². The zero-order chi connectivity index (χ0) is 28.5. The lowest BCUT2D eigenvalue weighted by Gasteiger charge is -2.32. The summed E-state index contributed by atoms with van der Waals surface area (Å²) < 4.78 is 28.1. The third kappa shape index (κ3) is 5.74. The van der Waals surface area contributed by atoms with Gasteiger partial charge >= 0.3 is 0 Å². The number of nitrogens with one attached hydrogen (secondary N) is 1. The number of ether oxygens (including phenoxy) is 2. The number of hydrogen-bond acceptors (Lipinski definition) is 7. The lowest BCUT2D eigenvalue weighted by atomic mass is 9.93. The third-order valence-electron chi connectivity index (χ3n) is 8.22. The van der Waals surface area contributed by atoms with Gasteiger partial charge in [0.2, 0.25) is 5.88 Å². The number of nitrogens with zero attached hydrogens (tertiary/aromatic N) is 6.